The van der Waals surface area contributed by atoms with Gasteiger partial charge in [-0.2, -0.15) is 0 Å². The van der Waals surface area contributed by atoms with Gasteiger partial charge in [0.1, 0.15) is 17.1 Å². The normalized spacial score (nSPS) is 13.1. The van der Waals surface area contributed by atoms with Gasteiger partial charge in [0, 0.05) is 17.1 Å². The molecule has 1 aromatic heterocycles. The predicted octanol–water partition coefficient (Wildman–Crippen LogP) is 5.13. The van der Waals surface area contributed by atoms with Crippen molar-refractivity contribution < 1.29 is 13.9 Å². The van der Waals surface area contributed by atoms with Crippen LogP contribution >= 0.6 is 0 Å². The van der Waals surface area contributed by atoms with E-state index in [1.165, 1.54) is 5.56 Å². The Kier molecular flexibility index (Phi) is 4.43. The van der Waals surface area contributed by atoms with Crippen molar-refractivity contribution in [3.63, 3.8) is 0 Å². The molecule has 0 atom stereocenters. The number of hydrogen-bond donors (Lipinski definition) is 0. The van der Waals surface area contributed by atoms with Gasteiger partial charge in [-0.25, -0.2) is 4.79 Å². The van der Waals surface area contributed by atoms with Crippen molar-refractivity contribution in [3.05, 3.63) is 88.3 Å². The largest absolute Gasteiger partial charge is 0.497 e. The maximum atomic E-state index is 12.4. The first-order valence-electron chi connectivity index (χ1n) is 9.81. The molecular formula is C25H21NO4. The molecule has 3 aromatic carbocycles. The lowest BCUT2D eigenvalue weighted by atomic mass is 9.99. The molecule has 0 saturated heterocycles. The van der Waals surface area contributed by atoms with Gasteiger partial charge in [0.05, 0.1) is 19.2 Å². The molecule has 1 aliphatic rings. The van der Waals surface area contributed by atoms with Gasteiger partial charge in [-0.15, -0.1) is 0 Å². The summed E-state index contributed by atoms with van der Waals surface area (Å²) < 4.78 is 17.0. The van der Waals surface area contributed by atoms with E-state index >= 15 is 0 Å². The van der Waals surface area contributed by atoms with Crippen molar-refractivity contribution in [1.29, 1.82) is 0 Å². The number of aryl methyl sites for hydroxylation is 1. The molecule has 0 radical (unpaired) electrons. The topological polar surface area (TPSA) is 51.9 Å². The average Bonchev–Trinajstić information content (AvgIpc) is 2.78. The van der Waals surface area contributed by atoms with Gasteiger partial charge in [-0.1, -0.05) is 30.3 Å². The lowest BCUT2D eigenvalue weighted by molar-refractivity contribution is 0.289. The van der Waals surface area contributed by atoms with Crippen molar-refractivity contribution in [2.24, 2.45) is 0 Å². The Balaban J connectivity index is 1.65. The maximum Gasteiger partial charge on any atom is 0.336 e. The van der Waals surface area contributed by atoms with Gasteiger partial charge >= 0.3 is 5.63 Å². The Morgan fingerprint density at radius 3 is 2.57 bits per heavy atom. The predicted molar refractivity (Wildman–Crippen MR) is 117 cm³/mol. The number of anilines is 1. The number of para-hydroxylation sites is 1. The van der Waals surface area contributed by atoms with E-state index in [2.05, 4.69) is 24.0 Å². The van der Waals surface area contributed by atoms with Crippen LogP contribution in [0.25, 0.3) is 22.1 Å². The second-order valence-electron chi connectivity index (χ2n) is 7.38. The van der Waals surface area contributed by atoms with E-state index in [1.807, 2.05) is 48.5 Å². The highest BCUT2D eigenvalue weighted by molar-refractivity contribution is 5.96. The molecule has 5 rings (SSSR count). The molecule has 0 spiro atoms. The van der Waals surface area contributed by atoms with Crippen LogP contribution in [0.3, 0.4) is 0 Å². The summed E-state index contributed by atoms with van der Waals surface area (Å²) in [4.78, 5) is 14.6. The minimum atomic E-state index is -0.380. The Hall–Kier alpha value is -3.73. The molecule has 2 heterocycles. The third kappa shape index (κ3) is 3.08. The van der Waals surface area contributed by atoms with Crippen molar-refractivity contribution in [3.8, 4) is 22.6 Å². The zero-order valence-electron chi connectivity index (χ0n) is 16.8. The van der Waals surface area contributed by atoms with Gasteiger partial charge in [0.2, 0.25) is 0 Å². The minimum Gasteiger partial charge on any atom is -0.497 e. The van der Waals surface area contributed by atoms with Crippen LogP contribution in [0, 0.1) is 6.92 Å². The van der Waals surface area contributed by atoms with Crippen LogP contribution in [0.1, 0.15) is 11.1 Å². The van der Waals surface area contributed by atoms with Crippen LogP contribution in [0.4, 0.5) is 5.69 Å². The molecule has 0 bridgehead atoms. The number of nitrogens with zero attached hydrogens (tertiary/aromatic N) is 1. The summed E-state index contributed by atoms with van der Waals surface area (Å²) in [5, 5.41) is 0.883. The minimum absolute atomic E-state index is 0.380. The van der Waals surface area contributed by atoms with Gasteiger partial charge in [-0.3, -0.25) is 0 Å². The van der Waals surface area contributed by atoms with Crippen LogP contribution in [-0.2, 0) is 6.54 Å². The smallest absolute Gasteiger partial charge is 0.336 e. The van der Waals surface area contributed by atoms with Crippen LogP contribution in [0.15, 0.2) is 75.9 Å². The third-order valence-corrected chi connectivity index (χ3v) is 5.55. The number of fused-ring (bicyclic) bond motifs is 3. The van der Waals surface area contributed by atoms with E-state index in [0.717, 1.165) is 39.3 Å². The monoisotopic (exact) mass is 399 g/mol. The highest BCUT2D eigenvalue weighted by atomic mass is 16.5. The molecule has 0 unspecified atom stereocenters. The standard InChI is InChI=1S/C25H21NO4/c1-16-5-3-4-6-22(16)26-14-21-23(29-15-26)12-11-19-20(13-24(27)30-25(19)21)17-7-9-18(28-2)10-8-17/h3-13H,14-15H2,1-2H3. The van der Waals surface area contributed by atoms with Gasteiger partial charge in [0.25, 0.3) is 0 Å². The van der Waals surface area contributed by atoms with Crippen LogP contribution in [0.2, 0.25) is 0 Å². The van der Waals surface area contributed by atoms with Gasteiger partial charge in [0.15, 0.2) is 6.73 Å². The fourth-order valence-electron chi connectivity index (χ4n) is 4.02. The molecule has 1 aliphatic heterocycles. The lowest BCUT2D eigenvalue weighted by Crippen LogP contribution is -2.32. The third-order valence-electron chi connectivity index (χ3n) is 5.55. The van der Waals surface area contributed by atoms with Crippen molar-refractivity contribution >= 4 is 16.7 Å². The summed E-state index contributed by atoms with van der Waals surface area (Å²) in [6, 6.07) is 21.3. The number of methoxy groups -OCH3 is 1. The first-order chi connectivity index (χ1) is 14.6. The summed E-state index contributed by atoms with van der Waals surface area (Å²) in [5.41, 5.74) is 5.12. The molecule has 150 valence electrons. The van der Waals surface area contributed by atoms with Crippen LogP contribution in [0.5, 0.6) is 11.5 Å². The van der Waals surface area contributed by atoms with Crippen molar-refractivity contribution in [2.75, 3.05) is 18.7 Å². The van der Waals surface area contributed by atoms with Crippen molar-refractivity contribution in [1.82, 2.24) is 0 Å². The molecular weight excluding hydrogens is 378 g/mol. The molecule has 30 heavy (non-hydrogen) atoms. The molecule has 0 N–H and O–H groups in total. The highest BCUT2D eigenvalue weighted by Gasteiger charge is 2.23. The van der Waals surface area contributed by atoms with Gasteiger partial charge in [-0.05, 0) is 53.9 Å². The van der Waals surface area contributed by atoms with Crippen LogP contribution < -0.4 is 20.0 Å². The van der Waals surface area contributed by atoms with Gasteiger partial charge < -0.3 is 18.8 Å². The molecule has 4 aromatic rings. The lowest BCUT2D eigenvalue weighted by Gasteiger charge is -2.32. The van der Waals surface area contributed by atoms with Crippen LogP contribution in [-0.4, -0.2) is 13.8 Å². The summed E-state index contributed by atoms with van der Waals surface area (Å²) >= 11 is 0. The summed E-state index contributed by atoms with van der Waals surface area (Å²) in [6.45, 7) is 3.13. The number of ether oxygens (including phenoxy) is 2. The highest BCUT2D eigenvalue weighted by Crippen LogP contribution is 2.37. The van der Waals surface area contributed by atoms with E-state index < -0.39 is 0 Å². The molecule has 0 amide bonds. The molecule has 5 heteroatoms. The molecule has 5 nitrogen and oxygen atoms in total. The average molecular weight is 399 g/mol. The summed E-state index contributed by atoms with van der Waals surface area (Å²) in [7, 11) is 1.63. The number of rotatable bonds is 3. The van der Waals surface area contributed by atoms with Crippen molar-refractivity contribution in [2.45, 2.75) is 13.5 Å². The Morgan fingerprint density at radius 1 is 1.00 bits per heavy atom. The number of hydrogen-bond acceptors (Lipinski definition) is 5. The SMILES string of the molecule is COc1ccc(-c2cc(=O)oc3c4c(ccc23)OCN(c2ccccc2C)C4)cc1. The quantitative estimate of drug-likeness (QED) is 0.447. The molecule has 0 fully saturated rings. The second kappa shape index (κ2) is 7.26. The first kappa shape index (κ1) is 18.3. The fraction of sp³-hybridized carbons (Fsp3) is 0.160. The van der Waals surface area contributed by atoms with E-state index in [-0.39, 0.29) is 5.63 Å². The Bertz CT molecular complexity index is 1290. The molecule has 0 saturated carbocycles. The van der Waals surface area contributed by atoms with E-state index in [1.54, 1.807) is 13.2 Å². The summed E-state index contributed by atoms with van der Waals surface area (Å²) in [6.07, 6.45) is 0. The Labute approximate surface area is 174 Å². The van der Waals surface area contributed by atoms with E-state index in [0.29, 0.717) is 18.9 Å². The maximum absolute atomic E-state index is 12.4. The second-order valence-corrected chi connectivity index (χ2v) is 7.38. The molecule has 0 aliphatic carbocycles. The zero-order chi connectivity index (χ0) is 20.7. The van der Waals surface area contributed by atoms with E-state index in [4.69, 9.17) is 13.9 Å². The first-order valence-corrected chi connectivity index (χ1v) is 9.81. The van der Waals surface area contributed by atoms with E-state index in [9.17, 15) is 4.79 Å². The summed E-state index contributed by atoms with van der Waals surface area (Å²) in [5.74, 6) is 1.52. The Morgan fingerprint density at radius 2 is 1.80 bits per heavy atom. The fourth-order valence-corrected chi connectivity index (χ4v) is 4.02. The zero-order valence-corrected chi connectivity index (χ0v) is 16.8. The number of benzene rings is 3.